The van der Waals surface area contributed by atoms with Gasteiger partial charge in [0.15, 0.2) is 0 Å². The van der Waals surface area contributed by atoms with E-state index in [-0.39, 0.29) is 0 Å². The largest absolute Gasteiger partial charge is 0.459 e. The van der Waals surface area contributed by atoms with Gasteiger partial charge in [-0.1, -0.05) is 5.92 Å². The molecular weight excluding hydrogens is 154 g/mol. The highest BCUT2D eigenvalue weighted by atomic mass is 16.5. The van der Waals surface area contributed by atoms with Gasteiger partial charge in [-0.2, -0.15) is 0 Å². The van der Waals surface area contributed by atoms with E-state index in [0.717, 1.165) is 19.4 Å². The van der Waals surface area contributed by atoms with E-state index >= 15 is 0 Å². The molecule has 1 atom stereocenters. The summed E-state index contributed by atoms with van der Waals surface area (Å²) in [5, 5.41) is 3.29. The lowest BCUT2D eigenvalue weighted by atomic mass is 10.2. The minimum absolute atomic E-state index is 0.451. The standard InChI is InChI=1S/C9H13NO2/c1-12-9(11)6-2-4-8-5-3-7-10-8/h8,10H,3-5,7H2,1H3/t8-/m1/s1. The van der Waals surface area contributed by atoms with Gasteiger partial charge >= 0.3 is 5.97 Å². The van der Waals surface area contributed by atoms with Crippen molar-refractivity contribution in [2.75, 3.05) is 13.7 Å². The average molecular weight is 167 g/mol. The Bertz CT molecular complexity index is 208. The van der Waals surface area contributed by atoms with Crippen LogP contribution in [0.5, 0.6) is 0 Å². The summed E-state index contributed by atoms with van der Waals surface area (Å²) >= 11 is 0. The van der Waals surface area contributed by atoms with Crippen molar-refractivity contribution in [2.24, 2.45) is 0 Å². The molecule has 0 amide bonds. The minimum atomic E-state index is -0.451. The zero-order valence-corrected chi connectivity index (χ0v) is 7.22. The van der Waals surface area contributed by atoms with Gasteiger partial charge in [0.1, 0.15) is 0 Å². The molecule has 0 aromatic rings. The predicted octanol–water partition coefficient (Wildman–Crippen LogP) is 0.305. The molecule has 0 aliphatic carbocycles. The summed E-state index contributed by atoms with van der Waals surface area (Å²) < 4.78 is 4.38. The first-order chi connectivity index (χ1) is 5.83. The van der Waals surface area contributed by atoms with Gasteiger partial charge in [0, 0.05) is 18.4 Å². The highest BCUT2D eigenvalue weighted by molar-refractivity contribution is 5.88. The van der Waals surface area contributed by atoms with Gasteiger partial charge in [-0.3, -0.25) is 0 Å². The number of esters is 1. The van der Waals surface area contributed by atoms with Crippen LogP contribution < -0.4 is 5.32 Å². The molecule has 3 heteroatoms. The fraction of sp³-hybridized carbons (Fsp3) is 0.667. The third-order valence-electron chi connectivity index (χ3n) is 1.89. The van der Waals surface area contributed by atoms with Gasteiger partial charge in [0.2, 0.25) is 0 Å². The summed E-state index contributed by atoms with van der Waals surface area (Å²) in [5.41, 5.74) is 0. The van der Waals surface area contributed by atoms with Crippen LogP contribution in [0.2, 0.25) is 0 Å². The Morgan fingerprint density at radius 1 is 1.75 bits per heavy atom. The van der Waals surface area contributed by atoms with Crippen molar-refractivity contribution in [3.8, 4) is 11.8 Å². The molecule has 0 aromatic heterocycles. The van der Waals surface area contributed by atoms with Crippen LogP contribution in [0.3, 0.4) is 0 Å². The Kier molecular flexibility index (Phi) is 3.62. The third-order valence-corrected chi connectivity index (χ3v) is 1.89. The number of ether oxygens (including phenoxy) is 1. The van der Waals surface area contributed by atoms with E-state index < -0.39 is 5.97 Å². The molecule has 3 nitrogen and oxygen atoms in total. The first-order valence-corrected chi connectivity index (χ1v) is 4.13. The molecule has 0 radical (unpaired) electrons. The first kappa shape index (κ1) is 9.08. The van der Waals surface area contributed by atoms with Crippen LogP contribution in [-0.2, 0) is 9.53 Å². The number of nitrogens with one attached hydrogen (secondary N) is 1. The van der Waals surface area contributed by atoms with Crippen molar-refractivity contribution in [3.63, 3.8) is 0 Å². The second-order valence-corrected chi connectivity index (χ2v) is 2.79. The molecule has 1 rings (SSSR count). The molecule has 1 saturated heterocycles. The minimum Gasteiger partial charge on any atom is -0.459 e. The average Bonchev–Trinajstić information content (AvgIpc) is 2.57. The Hall–Kier alpha value is -1.01. The molecule has 1 fully saturated rings. The summed E-state index contributed by atoms with van der Waals surface area (Å²) in [6.45, 7) is 1.07. The molecule has 0 bridgehead atoms. The first-order valence-electron chi connectivity index (χ1n) is 4.13. The van der Waals surface area contributed by atoms with Gasteiger partial charge in [-0.15, -0.1) is 0 Å². The van der Waals surface area contributed by atoms with Crippen LogP contribution in [0.1, 0.15) is 19.3 Å². The Balaban J connectivity index is 2.21. The highest BCUT2D eigenvalue weighted by Crippen LogP contribution is 2.06. The van der Waals surface area contributed by atoms with Gasteiger partial charge in [-0.05, 0) is 19.4 Å². The van der Waals surface area contributed by atoms with E-state index in [9.17, 15) is 4.79 Å². The van der Waals surface area contributed by atoms with E-state index in [4.69, 9.17) is 0 Å². The Morgan fingerprint density at radius 3 is 3.17 bits per heavy atom. The maximum Gasteiger partial charge on any atom is 0.384 e. The lowest BCUT2D eigenvalue weighted by molar-refractivity contribution is -0.133. The van der Waals surface area contributed by atoms with Crippen molar-refractivity contribution in [1.29, 1.82) is 0 Å². The Labute approximate surface area is 72.5 Å². The van der Waals surface area contributed by atoms with E-state index in [1.54, 1.807) is 0 Å². The summed E-state index contributed by atoms with van der Waals surface area (Å²) in [5.74, 6) is 4.75. The predicted molar refractivity (Wildman–Crippen MR) is 45.4 cm³/mol. The van der Waals surface area contributed by atoms with Gasteiger partial charge < -0.3 is 10.1 Å². The molecule has 1 heterocycles. The monoisotopic (exact) mass is 167 g/mol. The molecule has 0 unspecified atom stereocenters. The van der Waals surface area contributed by atoms with Crippen molar-refractivity contribution >= 4 is 5.97 Å². The molecule has 0 spiro atoms. The van der Waals surface area contributed by atoms with Gasteiger partial charge in [0.25, 0.3) is 0 Å². The highest BCUT2D eigenvalue weighted by Gasteiger charge is 2.11. The lowest BCUT2D eigenvalue weighted by Crippen LogP contribution is -2.20. The molecule has 66 valence electrons. The van der Waals surface area contributed by atoms with Crippen molar-refractivity contribution in [3.05, 3.63) is 0 Å². The number of methoxy groups -OCH3 is 1. The summed E-state index contributed by atoms with van der Waals surface area (Å²) in [7, 11) is 1.34. The van der Waals surface area contributed by atoms with Gasteiger partial charge in [-0.25, -0.2) is 4.79 Å². The number of hydrogen-bond acceptors (Lipinski definition) is 3. The Morgan fingerprint density at radius 2 is 2.58 bits per heavy atom. The topological polar surface area (TPSA) is 38.3 Å². The van der Waals surface area contributed by atoms with Crippen molar-refractivity contribution in [2.45, 2.75) is 25.3 Å². The van der Waals surface area contributed by atoms with E-state index in [1.807, 2.05) is 0 Å². The normalized spacial score (nSPS) is 21.2. The van der Waals surface area contributed by atoms with Crippen LogP contribution >= 0.6 is 0 Å². The second-order valence-electron chi connectivity index (χ2n) is 2.79. The molecule has 12 heavy (non-hydrogen) atoms. The smallest absolute Gasteiger partial charge is 0.384 e. The summed E-state index contributed by atoms with van der Waals surface area (Å²) in [6, 6.07) is 0.474. The molecular formula is C9H13NO2. The second kappa shape index (κ2) is 4.78. The maximum atomic E-state index is 10.6. The van der Waals surface area contributed by atoms with E-state index in [0.29, 0.717) is 6.04 Å². The maximum absolute atomic E-state index is 10.6. The molecule has 1 aliphatic rings. The fourth-order valence-electron chi connectivity index (χ4n) is 1.23. The number of hydrogen-bond donors (Lipinski definition) is 1. The molecule has 1 aliphatic heterocycles. The number of carbonyl (C=O) groups is 1. The van der Waals surface area contributed by atoms with E-state index in [2.05, 4.69) is 21.9 Å². The van der Waals surface area contributed by atoms with Crippen molar-refractivity contribution < 1.29 is 9.53 Å². The molecule has 0 aromatic carbocycles. The van der Waals surface area contributed by atoms with Crippen LogP contribution in [0.4, 0.5) is 0 Å². The van der Waals surface area contributed by atoms with Crippen molar-refractivity contribution in [1.82, 2.24) is 5.32 Å². The SMILES string of the molecule is COC(=O)C#CC[C@@H]1CCCN1. The quantitative estimate of drug-likeness (QED) is 0.347. The van der Waals surface area contributed by atoms with Crippen LogP contribution in [-0.4, -0.2) is 25.7 Å². The zero-order valence-electron chi connectivity index (χ0n) is 7.22. The summed E-state index contributed by atoms with van der Waals surface area (Å²) in [4.78, 5) is 10.6. The zero-order chi connectivity index (χ0) is 8.81. The summed E-state index contributed by atoms with van der Waals surface area (Å²) in [6.07, 6.45) is 3.12. The lowest BCUT2D eigenvalue weighted by Gasteiger charge is -2.02. The number of carbonyl (C=O) groups excluding carboxylic acids is 1. The van der Waals surface area contributed by atoms with E-state index in [1.165, 1.54) is 13.5 Å². The molecule has 1 N–H and O–H groups in total. The van der Waals surface area contributed by atoms with Gasteiger partial charge in [0.05, 0.1) is 7.11 Å². The third kappa shape index (κ3) is 2.93. The fourth-order valence-corrected chi connectivity index (χ4v) is 1.23. The van der Waals surface area contributed by atoms with Crippen LogP contribution in [0, 0.1) is 11.8 Å². The number of rotatable bonds is 1. The van der Waals surface area contributed by atoms with Crippen LogP contribution in [0.15, 0.2) is 0 Å². The molecule has 0 saturated carbocycles. The van der Waals surface area contributed by atoms with Crippen LogP contribution in [0.25, 0.3) is 0 Å².